The maximum atomic E-state index is 12.5. The Labute approximate surface area is 163 Å². The molecule has 0 unspecified atom stereocenters. The van der Waals surface area contributed by atoms with Gasteiger partial charge in [-0.1, -0.05) is 54.3 Å². The number of nitrogens with one attached hydrogen (secondary N) is 1. The Morgan fingerprint density at radius 3 is 2.73 bits per heavy atom. The number of aromatic nitrogens is 1. The molecule has 1 aromatic carbocycles. The predicted molar refractivity (Wildman–Crippen MR) is 111 cm³/mol. The fourth-order valence-corrected chi connectivity index (χ4v) is 3.73. The first-order chi connectivity index (χ1) is 12.6. The van der Waals surface area contributed by atoms with Gasteiger partial charge in [0.25, 0.3) is 5.91 Å². The topological polar surface area (TPSA) is 48.5 Å². The highest BCUT2D eigenvalue weighted by Crippen LogP contribution is 2.20. The van der Waals surface area contributed by atoms with Crippen molar-refractivity contribution in [3.63, 3.8) is 0 Å². The quantitative estimate of drug-likeness (QED) is 0.641. The van der Waals surface area contributed by atoms with Gasteiger partial charge in [0.1, 0.15) is 5.69 Å². The lowest BCUT2D eigenvalue weighted by molar-refractivity contribution is 0.0885. The van der Waals surface area contributed by atoms with E-state index in [4.69, 9.17) is 12.2 Å². The fraction of sp³-hybridized carbons (Fsp3) is 0.316. The first-order valence-corrected chi connectivity index (χ1v) is 9.99. The van der Waals surface area contributed by atoms with Crippen molar-refractivity contribution in [2.24, 2.45) is 0 Å². The lowest BCUT2D eigenvalue weighted by Gasteiger charge is -2.21. The van der Waals surface area contributed by atoms with Crippen molar-refractivity contribution in [1.29, 1.82) is 0 Å². The van der Waals surface area contributed by atoms with E-state index in [0.29, 0.717) is 10.0 Å². The van der Waals surface area contributed by atoms with Gasteiger partial charge < -0.3 is 4.90 Å². The lowest BCUT2D eigenvalue weighted by Crippen LogP contribution is -2.41. The van der Waals surface area contributed by atoms with Gasteiger partial charge in [0.2, 0.25) is 0 Å². The van der Waals surface area contributed by atoms with E-state index < -0.39 is 0 Å². The van der Waals surface area contributed by atoms with Crippen molar-refractivity contribution in [3.8, 4) is 0 Å². The van der Waals surface area contributed by atoms with Crippen molar-refractivity contribution >= 4 is 39.9 Å². The molecule has 1 aliphatic rings. The number of anilines is 1. The van der Waals surface area contributed by atoms with Crippen molar-refractivity contribution in [3.05, 3.63) is 59.9 Å². The van der Waals surface area contributed by atoms with Crippen molar-refractivity contribution in [1.82, 2.24) is 15.4 Å². The molecule has 1 aromatic heterocycles. The molecule has 0 aliphatic carbocycles. The lowest BCUT2D eigenvalue weighted by atomic mass is 10.2. The molecule has 0 bridgehead atoms. The Bertz CT molecular complexity index is 763. The molecular weight excluding hydrogens is 364 g/mol. The third-order valence-electron chi connectivity index (χ3n) is 4.20. The Morgan fingerprint density at radius 2 is 2.00 bits per heavy atom. The largest absolute Gasteiger partial charge is 0.371 e. The highest BCUT2D eigenvalue weighted by atomic mass is 32.2. The summed E-state index contributed by atoms with van der Waals surface area (Å²) in [5.41, 5.74) is 5.44. The number of benzene rings is 1. The second kappa shape index (κ2) is 9.00. The second-order valence-electron chi connectivity index (χ2n) is 6.13. The van der Waals surface area contributed by atoms with E-state index in [2.05, 4.69) is 27.4 Å². The van der Waals surface area contributed by atoms with Gasteiger partial charge in [-0.2, -0.15) is 0 Å². The molecule has 1 saturated heterocycles. The second-order valence-corrected chi connectivity index (χ2v) is 7.74. The molecule has 7 heteroatoms. The third kappa shape index (κ3) is 4.95. The van der Waals surface area contributed by atoms with Gasteiger partial charge in [-0.15, -0.1) is 0 Å². The number of hydrazine groups is 1. The molecule has 5 nitrogen and oxygen atoms in total. The van der Waals surface area contributed by atoms with Gasteiger partial charge in [-0.3, -0.25) is 20.2 Å². The third-order valence-corrected chi connectivity index (χ3v) is 5.82. The molecule has 1 amide bonds. The summed E-state index contributed by atoms with van der Waals surface area (Å²) in [5, 5.41) is 1.58. The van der Waals surface area contributed by atoms with E-state index >= 15 is 0 Å². The standard InChI is InChI=1S/C19H22N4OS2/c1-22(19(25)26-14-15-7-3-2-4-8-15)21-18(24)17-13-16(9-10-20-17)23-11-5-6-12-23/h2-4,7-10,13H,5-6,11-12,14H2,1H3,(H,21,24). The molecule has 26 heavy (non-hydrogen) atoms. The van der Waals surface area contributed by atoms with Crippen LogP contribution in [0.5, 0.6) is 0 Å². The highest BCUT2D eigenvalue weighted by molar-refractivity contribution is 8.22. The molecule has 136 valence electrons. The minimum absolute atomic E-state index is 0.254. The fourth-order valence-electron chi connectivity index (χ4n) is 2.79. The number of carbonyl (C=O) groups is 1. The van der Waals surface area contributed by atoms with Crippen LogP contribution in [-0.4, -0.2) is 40.4 Å². The summed E-state index contributed by atoms with van der Waals surface area (Å²) in [6.07, 6.45) is 4.07. The number of amides is 1. The zero-order valence-corrected chi connectivity index (χ0v) is 16.4. The van der Waals surface area contributed by atoms with Crippen LogP contribution < -0.4 is 10.3 Å². The Hall–Kier alpha value is -2.12. The molecule has 3 rings (SSSR count). The summed E-state index contributed by atoms with van der Waals surface area (Å²) < 4.78 is 0.609. The van der Waals surface area contributed by atoms with Gasteiger partial charge in [-0.05, 0) is 30.5 Å². The van der Waals surface area contributed by atoms with Crippen LogP contribution in [0.15, 0.2) is 48.7 Å². The van der Waals surface area contributed by atoms with Crippen molar-refractivity contribution < 1.29 is 4.79 Å². The van der Waals surface area contributed by atoms with Crippen LogP contribution in [0, 0.1) is 0 Å². The highest BCUT2D eigenvalue weighted by Gasteiger charge is 2.16. The van der Waals surface area contributed by atoms with E-state index in [1.807, 2.05) is 30.3 Å². The van der Waals surface area contributed by atoms with E-state index in [1.165, 1.54) is 30.2 Å². The molecular formula is C19H22N4OS2. The summed E-state index contributed by atoms with van der Waals surface area (Å²) in [5.74, 6) is 0.513. The molecule has 1 N–H and O–H groups in total. The molecule has 0 saturated carbocycles. The van der Waals surface area contributed by atoms with Crippen molar-refractivity contribution in [2.45, 2.75) is 18.6 Å². The monoisotopic (exact) mass is 386 g/mol. The number of thiocarbonyl (C=S) groups is 1. The van der Waals surface area contributed by atoms with Gasteiger partial charge in [0, 0.05) is 37.8 Å². The smallest absolute Gasteiger partial charge is 0.288 e. The molecule has 0 spiro atoms. The Morgan fingerprint density at radius 1 is 1.27 bits per heavy atom. The normalized spacial score (nSPS) is 13.5. The van der Waals surface area contributed by atoms with Crippen LogP contribution in [0.25, 0.3) is 0 Å². The van der Waals surface area contributed by atoms with Gasteiger partial charge >= 0.3 is 0 Å². The number of pyridine rings is 1. The molecule has 2 aromatic rings. The van der Waals surface area contributed by atoms with E-state index in [-0.39, 0.29) is 5.91 Å². The summed E-state index contributed by atoms with van der Waals surface area (Å²) in [7, 11) is 1.75. The maximum Gasteiger partial charge on any atom is 0.288 e. The Kier molecular flexibility index (Phi) is 6.46. The van der Waals surface area contributed by atoms with Crippen LogP contribution in [0.4, 0.5) is 5.69 Å². The van der Waals surface area contributed by atoms with Crippen molar-refractivity contribution in [2.75, 3.05) is 25.0 Å². The number of rotatable bonds is 4. The van der Waals surface area contributed by atoms with Gasteiger partial charge in [-0.25, -0.2) is 0 Å². The minimum atomic E-state index is -0.254. The van der Waals surface area contributed by atoms with E-state index in [9.17, 15) is 4.79 Å². The average molecular weight is 387 g/mol. The summed E-state index contributed by atoms with van der Waals surface area (Å²) >= 11 is 6.92. The average Bonchev–Trinajstić information content (AvgIpc) is 3.22. The van der Waals surface area contributed by atoms with E-state index in [0.717, 1.165) is 24.5 Å². The van der Waals surface area contributed by atoms with Crippen LogP contribution in [-0.2, 0) is 5.75 Å². The van der Waals surface area contributed by atoms with Crippen LogP contribution in [0.1, 0.15) is 28.9 Å². The van der Waals surface area contributed by atoms with Crippen LogP contribution in [0.3, 0.4) is 0 Å². The number of carbonyl (C=O) groups excluding carboxylic acids is 1. The minimum Gasteiger partial charge on any atom is -0.371 e. The first kappa shape index (κ1) is 18.7. The van der Waals surface area contributed by atoms with E-state index in [1.54, 1.807) is 18.3 Å². The zero-order chi connectivity index (χ0) is 18.4. The maximum absolute atomic E-state index is 12.5. The number of thioether (sulfide) groups is 1. The molecule has 0 radical (unpaired) electrons. The van der Waals surface area contributed by atoms with Crippen LogP contribution >= 0.6 is 24.0 Å². The van der Waals surface area contributed by atoms with Gasteiger partial charge in [0.15, 0.2) is 4.32 Å². The first-order valence-electron chi connectivity index (χ1n) is 8.60. The molecule has 0 atom stereocenters. The SMILES string of the molecule is CN(NC(=O)c1cc(N2CCCC2)ccn1)C(=S)SCc1ccccc1. The summed E-state index contributed by atoms with van der Waals surface area (Å²) in [6, 6.07) is 13.9. The molecule has 1 aliphatic heterocycles. The number of hydrogen-bond acceptors (Lipinski definition) is 5. The molecule has 2 heterocycles. The number of nitrogens with zero attached hydrogens (tertiary/aromatic N) is 3. The zero-order valence-electron chi connectivity index (χ0n) is 14.7. The predicted octanol–water partition coefficient (Wildman–Crippen LogP) is 3.48. The summed E-state index contributed by atoms with van der Waals surface area (Å²) in [6.45, 7) is 2.07. The Balaban J connectivity index is 1.55. The summed E-state index contributed by atoms with van der Waals surface area (Å²) in [4.78, 5) is 19.0. The molecule has 1 fully saturated rings. The van der Waals surface area contributed by atoms with Crippen LogP contribution in [0.2, 0.25) is 0 Å². The number of hydrogen-bond donors (Lipinski definition) is 1. The van der Waals surface area contributed by atoms with Gasteiger partial charge in [0.05, 0.1) is 0 Å².